The van der Waals surface area contributed by atoms with Crippen molar-refractivity contribution in [2.24, 2.45) is 29.1 Å². The van der Waals surface area contributed by atoms with Gasteiger partial charge in [-0.15, -0.1) is 0 Å². The van der Waals surface area contributed by atoms with E-state index in [0.717, 1.165) is 37.5 Å². The van der Waals surface area contributed by atoms with Crippen molar-refractivity contribution in [3.63, 3.8) is 0 Å². The molecule has 0 aromatic heterocycles. The highest BCUT2D eigenvalue weighted by molar-refractivity contribution is 7.87. The molecule has 3 rings (SSSR count). The van der Waals surface area contributed by atoms with Gasteiger partial charge in [-0.25, -0.2) is 4.79 Å². The quantitative estimate of drug-likeness (QED) is 0.629. The summed E-state index contributed by atoms with van der Waals surface area (Å²) in [5, 5.41) is -4.91. The lowest BCUT2D eigenvalue weighted by molar-refractivity contribution is -0.166. The summed E-state index contributed by atoms with van der Waals surface area (Å²) in [5.41, 5.74) is -0.402. The Morgan fingerprint density at radius 2 is 1.95 bits per heavy atom. The minimum absolute atomic E-state index is 0.235. The highest BCUT2D eigenvalue weighted by Crippen LogP contribution is 2.61. The summed E-state index contributed by atoms with van der Waals surface area (Å²) in [5.74, 6) is 0.432. The maximum Gasteiger partial charge on any atom is 0.465 e. The molecule has 0 heterocycles. The third-order valence-electron chi connectivity index (χ3n) is 5.71. The molecule has 0 spiro atoms. The van der Waals surface area contributed by atoms with Crippen LogP contribution in [0.1, 0.15) is 39.0 Å². The lowest BCUT2D eigenvalue weighted by Crippen LogP contribution is -2.42. The first kappa shape index (κ1) is 16.1. The highest BCUT2D eigenvalue weighted by atomic mass is 32.2. The predicted molar refractivity (Wildman–Crippen MR) is 72.6 cm³/mol. The molecule has 5 nitrogen and oxygen atoms in total. The van der Waals surface area contributed by atoms with E-state index in [1.54, 1.807) is 0 Å². The third-order valence-corrected chi connectivity index (χ3v) is 6.52. The molecule has 3 fully saturated rings. The van der Waals surface area contributed by atoms with Crippen molar-refractivity contribution in [1.29, 1.82) is 0 Å². The molecular weight excluding hydrogens is 318 g/mol. The zero-order valence-corrected chi connectivity index (χ0v) is 13.1. The summed E-state index contributed by atoms with van der Waals surface area (Å²) in [7, 11) is -5.80. The zero-order valence-electron chi connectivity index (χ0n) is 12.3. The lowest BCUT2D eigenvalue weighted by Gasteiger charge is -2.45. The number of halogens is 2. The van der Waals surface area contributed by atoms with Crippen LogP contribution in [-0.2, 0) is 19.6 Å². The van der Waals surface area contributed by atoms with Crippen LogP contribution in [0.5, 0.6) is 0 Å². The van der Waals surface area contributed by atoms with Crippen molar-refractivity contribution in [2.45, 2.75) is 44.3 Å². The Hall–Kier alpha value is -0.760. The van der Waals surface area contributed by atoms with E-state index in [-0.39, 0.29) is 6.61 Å². The van der Waals surface area contributed by atoms with E-state index in [2.05, 4.69) is 4.74 Å². The molecule has 5 atom stereocenters. The van der Waals surface area contributed by atoms with Crippen LogP contribution in [0, 0.1) is 29.1 Å². The molecule has 3 aliphatic rings. The van der Waals surface area contributed by atoms with Gasteiger partial charge in [-0.1, -0.05) is 6.92 Å². The van der Waals surface area contributed by atoms with Gasteiger partial charge in [-0.2, -0.15) is 17.2 Å². The van der Waals surface area contributed by atoms with Gasteiger partial charge in [0.15, 0.2) is 0 Å². The molecule has 0 aromatic carbocycles. The Balaban J connectivity index is 1.64. The molecular formula is C14H20F2O5S. The zero-order chi connectivity index (χ0) is 16.3. The number of esters is 1. The molecule has 0 amide bonds. The number of ether oxygens (including phenoxy) is 1. The first-order valence-electron chi connectivity index (χ1n) is 7.54. The maximum atomic E-state index is 13.2. The average Bonchev–Trinajstić information content (AvgIpc) is 2.62. The van der Waals surface area contributed by atoms with E-state index in [1.807, 2.05) is 6.92 Å². The first-order chi connectivity index (χ1) is 10.0. The average molecular weight is 338 g/mol. The fourth-order valence-corrected chi connectivity index (χ4v) is 5.12. The van der Waals surface area contributed by atoms with Gasteiger partial charge >= 0.3 is 21.3 Å². The van der Waals surface area contributed by atoms with Crippen LogP contribution >= 0.6 is 0 Å². The van der Waals surface area contributed by atoms with Gasteiger partial charge in [0.25, 0.3) is 0 Å². The summed E-state index contributed by atoms with van der Waals surface area (Å²) < 4.78 is 60.5. The molecule has 5 unspecified atom stereocenters. The summed E-state index contributed by atoms with van der Waals surface area (Å²) in [6, 6.07) is 0. The Bertz CT molecular complexity index is 584. The first-order valence-corrected chi connectivity index (χ1v) is 8.98. The Kier molecular flexibility index (Phi) is 3.56. The largest absolute Gasteiger partial charge is 0.465 e. The maximum absolute atomic E-state index is 13.2. The van der Waals surface area contributed by atoms with Gasteiger partial charge in [-0.3, -0.25) is 4.55 Å². The molecule has 3 aliphatic carbocycles. The number of carbonyl (C=O) groups excluding carboxylic acids is 1. The number of hydrogen-bond donors (Lipinski definition) is 1. The van der Waals surface area contributed by atoms with E-state index in [9.17, 15) is 22.0 Å². The standard InChI is InChI=1S/C14H20F2O5S/c1-13(7-21-12(17)14(15,16)22(18,19)20)5-8-2-9-4-10(6-13)11(9)3-8/h8-11H,2-7H2,1H3,(H,18,19,20). The molecule has 1 N–H and O–H groups in total. The summed E-state index contributed by atoms with van der Waals surface area (Å²) in [4.78, 5) is 11.3. The monoisotopic (exact) mass is 338 g/mol. The smallest absolute Gasteiger partial charge is 0.460 e. The third kappa shape index (κ3) is 2.54. The number of alkyl halides is 2. The van der Waals surface area contributed by atoms with Crippen LogP contribution in [0.15, 0.2) is 0 Å². The summed E-state index contributed by atoms with van der Waals surface area (Å²) in [6.07, 6.45) is 5.11. The molecule has 0 radical (unpaired) electrons. The van der Waals surface area contributed by atoms with Crippen LogP contribution in [0.3, 0.4) is 0 Å². The van der Waals surface area contributed by atoms with Gasteiger partial charge in [0.2, 0.25) is 0 Å². The lowest BCUT2D eigenvalue weighted by atomic mass is 9.60. The van der Waals surface area contributed by atoms with Crippen LogP contribution in [-0.4, -0.2) is 30.8 Å². The van der Waals surface area contributed by atoms with Crippen LogP contribution < -0.4 is 0 Å². The summed E-state index contributed by atoms with van der Waals surface area (Å²) >= 11 is 0. The van der Waals surface area contributed by atoms with Crippen molar-refractivity contribution < 1.29 is 31.3 Å². The fourth-order valence-electron chi connectivity index (χ4n) is 4.85. The Labute approximate surface area is 128 Å². The summed E-state index contributed by atoms with van der Waals surface area (Å²) in [6.45, 7) is 1.67. The van der Waals surface area contributed by atoms with E-state index in [1.165, 1.54) is 6.42 Å². The number of rotatable bonds is 4. The second kappa shape index (κ2) is 4.87. The van der Waals surface area contributed by atoms with Crippen molar-refractivity contribution in [2.75, 3.05) is 6.61 Å². The molecule has 2 bridgehead atoms. The molecule has 0 aliphatic heterocycles. The van der Waals surface area contributed by atoms with Gasteiger partial charge in [0, 0.05) is 5.41 Å². The van der Waals surface area contributed by atoms with Crippen molar-refractivity contribution in [3.8, 4) is 0 Å². The molecule has 3 saturated carbocycles. The number of fused-ring (bicyclic) bond motifs is 1. The van der Waals surface area contributed by atoms with Gasteiger partial charge < -0.3 is 4.74 Å². The predicted octanol–water partition coefficient (Wildman–Crippen LogP) is 2.47. The molecule has 0 saturated heterocycles. The normalized spacial score (nSPS) is 40.7. The molecule has 8 heteroatoms. The highest BCUT2D eigenvalue weighted by Gasteiger charge is 2.56. The van der Waals surface area contributed by atoms with E-state index in [4.69, 9.17) is 4.55 Å². The molecule has 22 heavy (non-hydrogen) atoms. The minimum Gasteiger partial charge on any atom is -0.460 e. The van der Waals surface area contributed by atoms with Gasteiger partial charge in [0.1, 0.15) is 0 Å². The van der Waals surface area contributed by atoms with Crippen molar-refractivity contribution in [1.82, 2.24) is 0 Å². The second-order valence-corrected chi connectivity index (χ2v) is 9.01. The van der Waals surface area contributed by atoms with Crippen LogP contribution in [0.2, 0.25) is 0 Å². The van der Waals surface area contributed by atoms with Gasteiger partial charge in [-0.05, 0) is 55.8 Å². The fraction of sp³-hybridized carbons (Fsp3) is 0.929. The Morgan fingerprint density at radius 1 is 1.27 bits per heavy atom. The van der Waals surface area contributed by atoms with E-state index in [0.29, 0.717) is 11.8 Å². The topological polar surface area (TPSA) is 80.7 Å². The van der Waals surface area contributed by atoms with E-state index >= 15 is 0 Å². The van der Waals surface area contributed by atoms with E-state index < -0.39 is 26.8 Å². The number of carbonyl (C=O) groups is 1. The van der Waals surface area contributed by atoms with Crippen molar-refractivity contribution in [3.05, 3.63) is 0 Å². The number of hydrogen-bond acceptors (Lipinski definition) is 4. The molecule has 0 aromatic rings. The minimum atomic E-state index is -5.80. The van der Waals surface area contributed by atoms with Crippen LogP contribution in [0.25, 0.3) is 0 Å². The van der Waals surface area contributed by atoms with Crippen LogP contribution in [0.4, 0.5) is 8.78 Å². The Morgan fingerprint density at radius 3 is 2.59 bits per heavy atom. The SMILES string of the molecule is CC1(COC(=O)C(F)(F)S(=O)(=O)O)CC2CC3CC(C1)C3C2. The molecule has 126 valence electrons. The van der Waals surface area contributed by atoms with Gasteiger partial charge in [0.05, 0.1) is 6.61 Å². The second-order valence-electron chi connectivity index (χ2n) is 7.54. The van der Waals surface area contributed by atoms with Crippen molar-refractivity contribution >= 4 is 16.1 Å².